The molecule has 0 spiro atoms. The lowest BCUT2D eigenvalue weighted by Gasteiger charge is -2.32. The molecule has 1 aliphatic heterocycles. The summed E-state index contributed by atoms with van der Waals surface area (Å²) in [6.45, 7) is 12.5. The fourth-order valence-electron chi connectivity index (χ4n) is 3.20. The number of hydrogen-bond donors (Lipinski definition) is 1. The maximum Gasteiger partial charge on any atom is 0.104 e. The van der Waals surface area contributed by atoms with Crippen molar-refractivity contribution in [3.63, 3.8) is 0 Å². The zero-order valence-corrected chi connectivity index (χ0v) is 14.3. The minimum absolute atomic E-state index is 0.351. The maximum absolute atomic E-state index is 9.34. The van der Waals surface area contributed by atoms with Crippen LogP contribution in [0, 0.1) is 11.3 Å². The quantitative estimate of drug-likeness (QED) is 0.664. The minimum atomic E-state index is -0.385. The number of nitrogens with one attached hydrogen (secondary N) is 1. The maximum atomic E-state index is 9.34. The fraction of sp³-hybridized carbons (Fsp3) is 0.941. The molecule has 0 aromatic heterocycles. The van der Waals surface area contributed by atoms with Gasteiger partial charge in [0.1, 0.15) is 5.54 Å². The van der Waals surface area contributed by atoms with E-state index in [0.717, 1.165) is 39.0 Å². The summed E-state index contributed by atoms with van der Waals surface area (Å²) >= 11 is 0. The van der Waals surface area contributed by atoms with E-state index in [-0.39, 0.29) is 5.54 Å². The Kier molecular flexibility index (Phi) is 8.24. The fourth-order valence-corrected chi connectivity index (χ4v) is 3.20. The van der Waals surface area contributed by atoms with Crippen LogP contribution in [0.2, 0.25) is 0 Å². The SMILES string of the molecule is CCOC1CCCN(CCCCC(C)(C#N)NC(C)C)C1. The van der Waals surface area contributed by atoms with Gasteiger partial charge in [-0.05, 0) is 72.9 Å². The van der Waals surface area contributed by atoms with Crippen LogP contribution in [0.3, 0.4) is 0 Å². The van der Waals surface area contributed by atoms with Gasteiger partial charge in [-0.1, -0.05) is 0 Å². The molecule has 21 heavy (non-hydrogen) atoms. The summed E-state index contributed by atoms with van der Waals surface area (Å²) < 4.78 is 5.74. The molecular formula is C17H33N3O. The molecule has 0 aliphatic carbocycles. The van der Waals surface area contributed by atoms with Crippen molar-refractivity contribution in [3.05, 3.63) is 0 Å². The standard InChI is InChI=1S/C17H33N3O/c1-5-21-16-9-8-12-20(13-16)11-7-6-10-17(4,14-18)19-15(2)3/h15-16,19H,5-13H2,1-4H3. The van der Waals surface area contributed by atoms with E-state index >= 15 is 0 Å². The van der Waals surface area contributed by atoms with Gasteiger partial charge in [0.2, 0.25) is 0 Å². The summed E-state index contributed by atoms with van der Waals surface area (Å²) in [4.78, 5) is 2.52. The monoisotopic (exact) mass is 295 g/mol. The Bertz CT molecular complexity index is 324. The molecule has 2 unspecified atom stereocenters. The van der Waals surface area contributed by atoms with E-state index in [1.165, 1.54) is 19.4 Å². The number of ether oxygens (including phenoxy) is 1. The lowest BCUT2D eigenvalue weighted by molar-refractivity contribution is 0.00550. The second-order valence-electron chi connectivity index (χ2n) is 6.72. The van der Waals surface area contributed by atoms with Gasteiger partial charge in [0.05, 0.1) is 12.2 Å². The van der Waals surface area contributed by atoms with Gasteiger partial charge in [0, 0.05) is 19.2 Å². The number of likely N-dealkylation sites (tertiary alicyclic amines) is 1. The first kappa shape index (κ1) is 18.4. The molecule has 0 aromatic rings. The average Bonchev–Trinajstić information content (AvgIpc) is 2.44. The second-order valence-corrected chi connectivity index (χ2v) is 6.72. The van der Waals surface area contributed by atoms with Gasteiger partial charge >= 0.3 is 0 Å². The smallest absolute Gasteiger partial charge is 0.104 e. The average molecular weight is 295 g/mol. The van der Waals surface area contributed by atoms with E-state index in [2.05, 4.69) is 37.1 Å². The lowest BCUT2D eigenvalue weighted by atomic mass is 9.95. The topological polar surface area (TPSA) is 48.3 Å². The van der Waals surface area contributed by atoms with Crippen LogP contribution >= 0.6 is 0 Å². The Hall–Kier alpha value is -0.630. The molecule has 1 rings (SSSR count). The van der Waals surface area contributed by atoms with Crippen LogP contribution in [-0.4, -0.2) is 48.8 Å². The molecule has 2 atom stereocenters. The number of nitriles is 1. The molecule has 0 amide bonds. The summed E-state index contributed by atoms with van der Waals surface area (Å²) in [5.74, 6) is 0. The van der Waals surface area contributed by atoms with Gasteiger partial charge < -0.3 is 9.64 Å². The molecular weight excluding hydrogens is 262 g/mol. The predicted molar refractivity (Wildman–Crippen MR) is 87.2 cm³/mol. The molecule has 1 aliphatic rings. The van der Waals surface area contributed by atoms with Gasteiger partial charge in [0.15, 0.2) is 0 Å². The summed E-state index contributed by atoms with van der Waals surface area (Å²) in [5, 5.41) is 12.7. The van der Waals surface area contributed by atoms with Crippen molar-refractivity contribution in [2.45, 2.75) is 77.5 Å². The Labute approximate surface area is 130 Å². The van der Waals surface area contributed by atoms with E-state index in [9.17, 15) is 5.26 Å². The Morgan fingerprint density at radius 3 is 2.81 bits per heavy atom. The van der Waals surface area contributed by atoms with Crippen molar-refractivity contribution >= 4 is 0 Å². The third-order valence-corrected chi connectivity index (χ3v) is 4.12. The van der Waals surface area contributed by atoms with Crippen LogP contribution in [0.25, 0.3) is 0 Å². The van der Waals surface area contributed by atoms with E-state index in [1.54, 1.807) is 0 Å². The molecule has 122 valence electrons. The largest absolute Gasteiger partial charge is 0.377 e. The number of unbranched alkanes of at least 4 members (excludes halogenated alkanes) is 1. The van der Waals surface area contributed by atoms with E-state index in [0.29, 0.717) is 12.1 Å². The van der Waals surface area contributed by atoms with E-state index in [1.807, 2.05) is 6.92 Å². The summed E-state index contributed by atoms with van der Waals surface area (Å²) in [6, 6.07) is 2.78. The van der Waals surface area contributed by atoms with Crippen molar-refractivity contribution in [2.75, 3.05) is 26.2 Å². The molecule has 1 heterocycles. The molecule has 1 fully saturated rings. The van der Waals surface area contributed by atoms with Crippen molar-refractivity contribution in [1.29, 1.82) is 5.26 Å². The molecule has 0 aromatic carbocycles. The Morgan fingerprint density at radius 1 is 1.43 bits per heavy atom. The van der Waals surface area contributed by atoms with Crippen molar-refractivity contribution in [1.82, 2.24) is 10.2 Å². The van der Waals surface area contributed by atoms with Gasteiger partial charge in [-0.15, -0.1) is 0 Å². The van der Waals surface area contributed by atoms with Crippen LogP contribution in [0.1, 0.15) is 59.8 Å². The molecule has 0 bridgehead atoms. The van der Waals surface area contributed by atoms with Crippen LogP contribution in [-0.2, 0) is 4.74 Å². The van der Waals surface area contributed by atoms with Gasteiger partial charge in [-0.2, -0.15) is 5.26 Å². The first-order chi connectivity index (χ1) is 9.99. The number of nitrogens with zero attached hydrogens (tertiary/aromatic N) is 2. The third-order valence-electron chi connectivity index (χ3n) is 4.12. The lowest BCUT2D eigenvalue weighted by Crippen LogP contribution is -2.45. The normalized spacial score (nSPS) is 23.0. The van der Waals surface area contributed by atoms with Crippen LogP contribution < -0.4 is 5.32 Å². The van der Waals surface area contributed by atoms with Crippen molar-refractivity contribution in [2.24, 2.45) is 0 Å². The van der Waals surface area contributed by atoms with Crippen LogP contribution in [0.15, 0.2) is 0 Å². The van der Waals surface area contributed by atoms with E-state index < -0.39 is 0 Å². The summed E-state index contributed by atoms with van der Waals surface area (Å²) in [5.41, 5.74) is -0.385. The molecule has 4 heteroatoms. The number of hydrogen-bond acceptors (Lipinski definition) is 4. The van der Waals surface area contributed by atoms with Crippen LogP contribution in [0.4, 0.5) is 0 Å². The molecule has 4 nitrogen and oxygen atoms in total. The Balaban J connectivity index is 2.22. The molecule has 0 saturated carbocycles. The third kappa shape index (κ3) is 7.26. The zero-order chi connectivity index (χ0) is 15.7. The predicted octanol–water partition coefficient (Wildman–Crippen LogP) is 2.94. The molecule has 0 radical (unpaired) electrons. The number of piperidine rings is 1. The summed E-state index contributed by atoms with van der Waals surface area (Å²) in [6.07, 6.45) is 6.06. The highest BCUT2D eigenvalue weighted by Crippen LogP contribution is 2.17. The van der Waals surface area contributed by atoms with Crippen molar-refractivity contribution < 1.29 is 4.74 Å². The molecule has 1 saturated heterocycles. The van der Waals surface area contributed by atoms with Crippen molar-refractivity contribution in [3.8, 4) is 6.07 Å². The minimum Gasteiger partial charge on any atom is -0.377 e. The highest BCUT2D eigenvalue weighted by atomic mass is 16.5. The first-order valence-electron chi connectivity index (χ1n) is 8.52. The summed E-state index contributed by atoms with van der Waals surface area (Å²) in [7, 11) is 0. The van der Waals surface area contributed by atoms with Gasteiger partial charge in [-0.3, -0.25) is 5.32 Å². The van der Waals surface area contributed by atoms with Gasteiger partial charge in [0.25, 0.3) is 0 Å². The van der Waals surface area contributed by atoms with E-state index in [4.69, 9.17) is 4.74 Å². The Morgan fingerprint density at radius 2 is 2.19 bits per heavy atom. The van der Waals surface area contributed by atoms with Crippen LogP contribution in [0.5, 0.6) is 0 Å². The highest BCUT2D eigenvalue weighted by molar-refractivity contribution is 5.04. The second kappa shape index (κ2) is 9.40. The van der Waals surface area contributed by atoms with Gasteiger partial charge in [-0.25, -0.2) is 0 Å². The first-order valence-corrected chi connectivity index (χ1v) is 8.52. The number of rotatable bonds is 9. The highest BCUT2D eigenvalue weighted by Gasteiger charge is 2.24. The molecule has 1 N–H and O–H groups in total. The zero-order valence-electron chi connectivity index (χ0n) is 14.3.